The van der Waals surface area contributed by atoms with Gasteiger partial charge in [0.1, 0.15) is 0 Å². The average Bonchev–Trinajstić information content (AvgIpc) is 2.23. The van der Waals surface area contributed by atoms with E-state index in [1.54, 1.807) is 7.11 Å². The lowest BCUT2D eigenvalue weighted by Gasteiger charge is -2.13. The molecule has 1 unspecified atom stereocenters. The van der Waals surface area contributed by atoms with Crippen molar-refractivity contribution in [3.05, 3.63) is 34.4 Å². The minimum absolute atomic E-state index is 0.0533. The molecule has 0 fully saturated rings. The van der Waals surface area contributed by atoms with E-state index in [1.807, 2.05) is 32.9 Å². The summed E-state index contributed by atoms with van der Waals surface area (Å²) in [7, 11) is 1.54. The zero-order valence-corrected chi connectivity index (χ0v) is 10.3. The molecule has 0 aromatic heterocycles. The highest BCUT2D eigenvalue weighted by molar-refractivity contribution is 6.01. The Hall–Kier alpha value is -1.19. The van der Waals surface area contributed by atoms with E-state index in [9.17, 15) is 4.79 Å². The summed E-state index contributed by atoms with van der Waals surface area (Å²) in [6.07, 6.45) is 0. The van der Waals surface area contributed by atoms with Gasteiger partial charge in [0.2, 0.25) is 0 Å². The molecule has 1 aromatic carbocycles. The number of hydrogen-bond acceptors (Lipinski definition) is 3. The maximum Gasteiger partial charge on any atom is 0.182 e. The molecular weight excluding hydrogens is 202 g/mol. The molecule has 16 heavy (non-hydrogen) atoms. The van der Waals surface area contributed by atoms with Gasteiger partial charge in [0, 0.05) is 12.7 Å². The van der Waals surface area contributed by atoms with Gasteiger partial charge < -0.3 is 10.5 Å². The maximum absolute atomic E-state index is 12.0. The second-order valence-corrected chi connectivity index (χ2v) is 4.18. The van der Waals surface area contributed by atoms with Gasteiger partial charge in [0.15, 0.2) is 5.78 Å². The summed E-state index contributed by atoms with van der Waals surface area (Å²) in [5, 5.41) is 0. The number of Topliss-reactive ketones (excluding diaryl/α,β-unsaturated/α-hetero) is 1. The highest BCUT2D eigenvalue weighted by Gasteiger charge is 2.17. The van der Waals surface area contributed by atoms with Crippen LogP contribution < -0.4 is 5.73 Å². The average molecular weight is 221 g/mol. The molecule has 3 nitrogen and oxygen atoms in total. The lowest BCUT2D eigenvalue weighted by molar-refractivity contribution is 0.0891. The standard InChI is InChI=1S/C13H19NO2/c1-8-5-10(3)11(6-9(8)2)13(15)12(14)7-16-4/h5-6,12H,7,14H2,1-4H3. The van der Waals surface area contributed by atoms with Gasteiger partial charge in [-0.05, 0) is 43.5 Å². The lowest BCUT2D eigenvalue weighted by Crippen LogP contribution is -2.35. The van der Waals surface area contributed by atoms with Crippen LogP contribution in [0.4, 0.5) is 0 Å². The Kier molecular flexibility index (Phi) is 4.21. The molecule has 1 aromatic rings. The monoisotopic (exact) mass is 221 g/mol. The van der Waals surface area contributed by atoms with Crippen LogP contribution in [0.3, 0.4) is 0 Å². The molecule has 0 amide bonds. The van der Waals surface area contributed by atoms with Crippen LogP contribution >= 0.6 is 0 Å². The quantitative estimate of drug-likeness (QED) is 0.788. The Morgan fingerprint density at radius 1 is 1.25 bits per heavy atom. The number of nitrogens with two attached hydrogens (primary N) is 1. The molecule has 2 N–H and O–H groups in total. The number of ether oxygens (including phenoxy) is 1. The summed E-state index contributed by atoms with van der Waals surface area (Å²) in [5.74, 6) is -0.0533. The van der Waals surface area contributed by atoms with Gasteiger partial charge in [0.25, 0.3) is 0 Å². The molecule has 0 heterocycles. The Morgan fingerprint density at radius 2 is 1.81 bits per heavy atom. The van der Waals surface area contributed by atoms with Gasteiger partial charge in [-0.15, -0.1) is 0 Å². The zero-order valence-electron chi connectivity index (χ0n) is 10.3. The first kappa shape index (κ1) is 12.9. The summed E-state index contributed by atoms with van der Waals surface area (Å²) in [4.78, 5) is 12.0. The van der Waals surface area contributed by atoms with Crippen LogP contribution in [0.5, 0.6) is 0 Å². The first-order valence-electron chi connectivity index (χ1n) is 5.34. The Bertz CT molecular complexity index is 399. The van der Waals surface area contributed by atoms with Gasteiger partial charge in [-0.25, -0.2) is 0 Å². The second kappa shape index (κ2) is 5.23. The van der Waals surface area contributed by atoms with Crippen LogP contribution in [0.15, 0.2) is 12.1 Å². The molecule has 0 bridgehead atoms. The Morgan fingerprint density at radius 3 is 2.38 bits per heavy atom. The third kappa shape index (κ3) is 2.68. The molecular formula is C13H19NO2. The summed E-state index contributed by atoms with van der Waals surface area (Å²) >= 11 is 0. The van der Waals surface area contributed by atoms with E-state index in [-0.39, 0.29) is 12.4 Å². The smallest absolute Gasteiger partial charge is 0.182 e. The number of hydrogen-bond donors (Lipinski definition) is 1. The highest BCUT2D eigenvalue weighted by atomic mass is 16.5. The molecule has 1 atom stereocenters. The van der Waals surface area contributed by atoms with Gasteiger partial charge in [-0.1, -0.05) is 6.07 Å². The number of aryl methyl sites for hydroxylation is 3. The van der Waals surface area contributed by atoms with Crippen molar-refractivity contribution in [2.24, 2.45) is 5.73 Å². The van der Waals surface area contributed by atoms with E-state index in [1.165, 1.54) is 5.56 Å². The van der Waals surface area contributed by atoms with Gasteiger partial charge in [-0.2, -0.15) is 0 Å². The van der Waals surface area contributed by atoms with Crippen molar-refractivity contribution in [3.8, 4) is 0 Å². The van der Waals surface area contributed by atoms with E-state index in [0.717, 1.165) is 11.1 Å². The van der Waals surface area contributed by atoms with E-state index in [2.05, 4.69) is 0 Å². The van der Waals surface area contributed by atoms with Gasteiger partial charge in [-0.3, -0.25) is 4.79 Å². The number of carbonyl (C=O) groups excluding carboxylic acids is 1. The van der Waals surface area contributed by atoms with Crippen molar-refractivity contribution in [1.29, 1.82) is 0 Å². The van der Waals surface area contributed by atoms with Crippen molar-refractivity contribution < 1.29 is 9.53 Å². The normalized spacial score (nSPS) is 12.6. The van der Waals surface area contributed by atoms with Gasteiger partial charge in [0.05, 0.1) is 12.6 Å². The molecule has 0 aliphatic heterocycles. The first-order valence-corrected chi connectivity index (χ1v) is 5.34. The third-order valence-corrected chi connectivity index (χ3v) is 2.79. The summed E-state index contributed by atoms with van der Waals surface area (Å²) in [6.45, 7) is 6.21. The van der Waals surface area contributed by atoms with Crippen LogP contribution in [0.25, 0.3) is 0 Å². The van der Waals surface area contributed by atoms with Crippen molar-refractivity contribution in [1.82, 2.24) is 0 Å². The van der Waals surface area contributed by atoms with E-state index in [0.29, 0.717) is 5.56 Å². The van der Waals surface area contributed by atoms with E-state index in [4.69, 9.17) is 10.5 Å². The molecule has 0 saturated heterocycles. The number of ketones is 1. The highest BCUT2D eigenvalue weighted by Crippen LogP contribution is 2.16. The number of rotatable bonds is 4. The third-order valence-electron chi connectivity index (χ3n) is 2.79. The molecule has 88 valence electrons. The van der Waals surface area contributed by atoms with Crippen molar-refractivity contribution in [2.75, 3.05) is 13.7 Å². The van der Waals surface area contributed by atoms with Crippen molar-refractivity contribution >= 4 is 5.78 Å². The Labute approximate surface area is 96.6 Å². The van der Waals surface area contributed by atoms with Crippen molar-refractivity contribution in [3.63, 3.8) is 0 Å². The van der Waals surface area contributed by atoms with Crippen LogP contribution in [-0.2, 0) is 4.74 Å². The van der Waals surface area contributed by atoms with Crippen LogP contribution in [0.2, 0.25) is 0 Å². The van der Waals surface area contributed by atoms with Crippen LogP contribution in [0, 0.1) is 20.8 Å². The maximum atomic E-state index is 12.0. The predicted octanol–water partition coefficient (Wildman–Crippen LogP) is 1.77. The number of carbonyl (C=O) groups is 1. The fourth-order valence-electron chi connectivity index (χ4n) is 1.68. The SMILES string of the molecule is COCC(N)C(=O)c1cc(C)c(C)cc1C. The predicted molar refractivity (Wildman–Crippen MR) is 64.8 cm³/mol. The molecule has 1 rings (SSSR count). The molecule has 3 heteroatoms. The summed E-state index contributed by atoms with van der Waals surface area (Å²) in [6, 6.07) is 3.34. The summed E-state index contributed by atoms with van der Waals surface area (Å²) in [5.41, 5.74) is 9.71. The van der Waals surface area contributed by atoms with E-state index < -0.39 is 6.04 Å². The minimum Gasteiger partial charge on any atom is -0.383 e. The lowest BCUT2D eigenvalue weighted by atomic mass is 9.95. The summed E-state index contributed by atoms with van der Waals surface area (Å²) < 4.78 is 4.89. The zero-order chi connectivity index (χ0) is 12.3. The second-order valence-electron chi connectivity index (χ2n) is 4.18. The van der Waals surface area contributed by atoms with Crippen LogP contribution in [-0.4, -0.2) is 25.5 Å². The largest absolute Gasteiger partial charge is 0.383 e. The van der Waals surface area contributed by atoms with E-state index >= 15 is 0 Å². The first-order chi connectivity index (χ1) is 7.47. The van der Waals surface area contributed by atoms with Crippen LogP contribution in [0.1, 0.15) is 27.0 Å². The van der Waals surface area contributed by atoms with Gasteiger partial charge >= 0.3 is 0 Å². The Balaban J connectivity index is 3.04. The fraction of sp³-hybridized carbons (Fsp3) is 0.462. The minimum atomic E-state index is -0.578. The molecule has 0 aliphatic carbocycles. The number of methoxy groups -OCH3 is 1. The molecule has 0 saturated carbocycles. The topological polar surface area (TPSA) is 52.3 Å². The molecule has 0 radical (unpaired) electrons. The fourth-order valence-corrected chi connectivity index (χ4v) is 1.68. The number of benzene rings is 1. The molecule has 0 aliphatic rings. The van der Waals surface area contributed by atoms with Crippen molar-refractivity contribution in [2.45, 2.75) is 26.8 Å². The molecule has 0 spiro atoms.